The van der Waals surface area contributed by atoms with Crippen LogP contribution in [0.1, 0.15) is 34.5 Å². The van der Waals surface area contributed by atoms with E-state index in [4.69, 9.17) is 10.2 Å². The van der Waals surface area contributed by atoms with E-state index in [9.17, 15) is 13.6 Å². The van der Waals surface area contributed by atoms with E-state index in [1.165, 1.54) is 10.5 Å². The van der Waals surface area contributed by atoms with Crippen LogP contribution in [0, 0.1) is 6.92 Å². The molecule has 3 aromatic carbocycles. The third-order valence-electron chi connectivity index (χ3n) is 6.48. The summed E-state index contributed by atoms with van der Waals surface area (Å²) in [4.78, 5) is 14.3. The van der Waals surface area contributed by atoms with Gasteiger partial charge >= 0.3 is 0 Å². The first kappa shape index (κ1) is 22.3. The van der Waals surface area contributed by atoms with Crippen molar-refractivity contribution in [1.82, 2.24) is 4.90 Å². The number of fused-ring (bicyclic) bond motifs is 1. The quantitative estimate of drug-likeness (QED) is 0.383. The lowest BCUT2D eigenvalue weighted by molar-refractivity contribution is -0.0494. The number of piperidine rings is 1. The molecule has 2 heterocycles. The SMILES string of the molecule is Cc1ccc(-c2cc(-c3ccc(C(=O)N4CCC(F)(F)CC4)cc3)cc3cc(CN)oc23)cc1. The Balaban J connectivity index is 1.48. The molecule has 5 rings (SSSR count). The zero-order valence-corrected chi connectivity index (χ0v) is 19.0. The summed E-state index contributed by atoms with van der Waals surface area (Å²) in [6, 6.07) is 21.7. The number of hydrogen-bond donors (Lipinski definition) is 1. The number of carbonyl (C=O) groups is 1. The van der Waals surface area contributed by atoms with Gasteiger partial charge in [-0.3, -0.25) is 4.79 Å². The van der Waals surface area contributed by atoms with Crippen molar-refractivity contribution < 1.29 is 18.0 Å². The third kappa shape index (κ3) is 4.33. The second kappa shape index (κ2) is 8.69. The molecule has 0 radical (unpaired) electrons. The minimum absolute atomic E-state index is 0.0775. The molecule has 6 heteroatoms. The van der Waals surface area contributed by atoms with Crippen LogP contribution in [0.3, 0.4) is 0 Å². The molecule has 4 aromatic rings. The number of carbonyl (C=O) groups excluding carboxylic acids is 1. The Morgan fingerprint density at radius 3 is 2.24 bits per heavy atom. The average molecular weight is 461 g/mol. The molecule has 1 fully saturated rings. The van der Waals surface area contributed by atoms with Crippen LogP contribution in [-0.4, -0.2) is 29.8 Å². The van der Waals surface area contributed by atoms with Gasteiger partial charge in [-0.15, -0.1) is 0 Å². The Morgan fingerprint density at radius 1 is 0.941 bits per heavy atom. The summed E-state index contributed by atoms with van der Waals surface area (Å²) in [6.45, 7) is 2.52. The normalized spacial score (nSPS) is 15.6. The average Bonchev–Trinajstić information content (AvgIpc) is 3.27. The van der Waals surface area contributed by atoms with Gasteiger partial charge in [0.15, 0.2) is 0 Å². The van der Waals surface area contributed by atoms with Crippen LogP contribution in [0.25, 0.3) is 33.2 Å². The zero-order chi connectivity index (χ0) is 23.9. The molecule has 0 spiro atoms. The van der Waals surface area contributed by atoms with Crippen molar-refractivity contribution in [2.45, 2.75) is 32.2 Å². The minimum atomic E-state index is -2.68. The number of likely N-dealkylation sites (tertiary alicyclic amines) is 1. The van der Waals surface area contributed by atoms with Crippen molar-refractivity contribution in [2.24, 2.45) is 5.73 Å². The van der Waals surface area contributed by atoms with Gasteiger partial charge in [0, 0.05) is 42.4 Å². The van der Waals surface area contributed by atoms with Crippen LogP contribution < -0.4 is 5.73 Å². The molecule has 0 atom stereocenters. The predicted molar refractivity (Wildman–Crippen MR) is 130 cm³/mol. The van der Waals surface area contributed by atoms with Gasteiger partial charge in [0.2, 0.25) is 0 Å². The highest BCUT2D eigenvalue weighted by Crippen LogP contribution is 2.36. The van der Waals surface area contributed by atoms with E-state index in [0.717, 1.165) is 33.2 Å². The fourth-order valence-corrected chi connectivity index (χ4v) is 4.45. The summed E-state index contributed by atoms with van der Waals surface area (Å²) < 4.78 is 32.9. The number of hydrogen-bond acceptors (Lipinski definition) is 3. The van der Waals surface area contributed by atoms with Crippen molar-refractivity contribution in [3.63, 3.8) is 0 Å². The summed E-state index contributed by atoms with van der Waals surface area (Å²) in [5.74, 6) is -2.17. The van der Waals surface area contributed by atoms with Gasteiger partial charge in [0.25, 0.3) is 11.8 Å². The van der Waals surface area contributed by atoms with E-state index in [1.54, 1.807) is 12.1 Å². The third-order valence-corrected chi connectivity index (χ3v) is 6.48. The van der Waals surface area contributed by atoms with Gasteiger partial charge in [-0.25, -0.2) is 8.78 Å². The van der Waals surface area contributed by atoms with Crippen LogP contribution in [-0.2, 0) is 6.54 Å². The number of nitrogens with two attached hydrogens (primary N) is 1. The van der Waals surface area contributed by atoms with Crippen molar-refractivity contribution in [2.75, 3.05) is 13.1 Å². The Labute approximate surface area is 197 Å². The van der Waals surface area contributed by atoms with E-state index in [2.05, 4.69) is 36.4 Å². The van der Waals surface area contributed by atoms with Crippen LogP contribution in [0.4, 0.5) is 8.78 Å². The molecule has 1 aliphatic rings. The molecule has 1 amide bonds. The summed E-state index contributed by atoms with van der Waals surface area (Å²) >= 11 is 0. The van der Waals surface area contributed by atoms with Gasteiger partial charge in [0.1, 0.15) is 11.3 Å². The van der Waals surface area contributed by atoms with Crippen LogP contribution >= 0.6 is 0 Å². The maximum atomic E-state index is 13.4. The van der Waals surface area contributed by atoms with E-state index >= 15 is 0 Å². The Bertz CT molecular complexity index is 1330. The summed E-state index contributed by atoms with van der Waals surface area (Å²) in [7, 11) is 0. The molecule has 2 N–H and O–H groups in total. The molecule has 1 aromatic heterocycles. The number of nitrogens with zero attached hydrogens (tertiary/aromatic N) is 1. The van der Waals surface area contributed by atoms with Crippen LogP contribution in [0.2, 0.25) is 0 Å². The summed E-state index contributed by atoms with van der Waals surface area (Å²) in [5, 5.41) is 0.961. The number of alkyl halides is 2. The number of rotatable bonds is 4. The number of halogens is 2. The van der Waals surface area contributed by atoms with Gasteiger partial charge in [-0.05, 0) is 53.9 Å². The van der Waals surface area contributed by atoms with Gasteiger partial charge < -0.3 is 15.1 Å². The molecule has 0 bridgehead atoms. The molecule has 1 saturated heterocycles. The fraction of sp³-hybridized carbons (Fsp3) is 0.250. The van der Waals surface area contributed by atoms with Crippen molar-refractivity contribution in [3.8, 4) is 22.3 Å². The number of aryl methyl sites for hydroxylation is 1. The van der Waals surface area contributed by atoms with E-state index in [1.807, 2.05) is 25.1 Å². The first-order chi connectivity index (χ1) is 16.3. The standard InChI is InChI=1S/C28H26F2N2O2/c1-18-2-4-20(5-3-18)25-16-22(14-23-15-24(17-31)34-26(23)25)19-6-8-21(9-7-19)27(33)32-12-10-28(29,30)11-13-32/h2-9,14-16H,10-13,17,31H2,1H3. The molecule has 34 heavy (non-hydrogen) atoms. The second-order valence-electron chi connectivity index (χ2n) is 8.95. The van der Waals surface area contributed by atoms with Gasteiger partial charge in [-0.1, -0.05) is 42.0 Å². The lowest BCUT2D eigenvalue weighted by Gasteiger charge is -2.31. The minimum Gasteiger partial charge on any atom is -0.459 e. The molecule has 0 aliphatic carbocycles. The highest BCUT2D eigenvalue weighted by molar-refractivity contribution is 5.98. The van der Waals surface area contributed by atoms with Crippen molar-refractivity contribution in [1.29, 1.82) is 0 Å². The Kier molecular flexibility index (Phi) is 5.70. The first-order valence-electron chi connectivity index (χ1n) is 11.4. The Morgan fingerprint density at radius 2 is 1.59 bits per heavy atom. The molecular weight excluding hydrogens is 434 g/mol. The lowest BCUT2D eigenvalue weighted by atomic mass is 9.95. The number of furan rings is 1. The molecule has 174 valence electrons. The molecule has 0 saturated carbocycles. The summed E-state index contributed by atoms with van der Waals surface area (Å²) in [6.07, 6.45) is -0.567. The lowest BCUT2D eigenvalue weighted by Crippen LogP contribution is -2.42. The van der Waals surface area contributed by atoms with E-state index < -0.39 is 5.92 Å². The fourth-order valence-electron chi connectivity index (χ4n) is 4.45. The van der Waals surface area contributed by atoms with Crippen LogP contribution in [0.15, 0.2) is 71.1 Å². The first-order valence-corrected chi connectivity index (χ1v) is 11.4. The highest BCUT2D eigenvalue weighted by Gasteiger charge is 2.35. The molecule has 0 unspecified atom stereocenters. The van der Waals surface area contributed by atoms with Crippen molar-refractivity contribution >= 4 is 16.9 Å². The number of amides is 1. The monoisotopic (exact) mass is 460 g/mol. The predicted octanol–water partition coefficient (Wildman–Crippen LogP) is 6.41. The second-order valence-corrected chi connectivity index (χ2v) is 8.95. The highest BCUT2D eigenvalue weighted by atomic mass is 19.3. The maximum Gasteiger partial charge on any atom is 0.253 e. The molecule has 4 nitrogen and oxygen atoms in total. The Hall–Kier alpha value is -3.51. The number of benzene rings is 3. The largest absolute Gasteiger partial charge is 0.459 e. The molecular formula is C28H26F2N2O2. The van der Waals surface area contributed by atoms with Crippen LogP contribution in [0.5, 0.6) is 0 Å². The smallest absolute Gasteiger partial charge is 0.253 e. The zero-order valence-electron chi connectivity index (χ0n) is 19.0. The van der Waals surface area contributed by atoms with Gasteiger partial charge in [0.05, 0.1) is 6.54 Å². The van der Waals surface area contributed by atoms with Gasteiger partial charge in [-0.2, -0.15) is 0 Å². The topological polar surface area (TPSA) is 59.5 Å². The molecule has 1 aliphatic heterocycles. The maximum absolute atomic E-state index is 13.4. The van der Waals surface area contributed by atoms with E-state index in [-0.39, 0.29) is 31.8 Å². The van der Waals surface area contributed by atoms with Crippen molar-refractivity contribution in [3.05, 3.63) is 83.6 Å². The van der Waals surface area contributed by atoms with E-state index in [0.29, 0.717) is 17.9 Å². The summed E-state index contributed by atoms with van der Waals surface area (Å²) in [5.41, 5.74) is 12.3.